The number of benzene rings is 2. The van der Waals surface area contributed by atoms with Gasteiger partial charge in [-0.25, -0.2) is 4.98 Å². The Morgan fingerprint density at radius 2 is 1.61 bits per heavy atom. The first-order valence-corrected chi connectivity index (χ1v) is 11.4. The average molecular weight is 419 g/mol. The summed E-state index contributed by atoms with van der Waals surface area (Å²) in [6.07, 6.45) is 4.82. The zero-order valence-corrected chi connectivity index (χ0v) is 18.6. The molecule has 0 radical (unpaired) electrons. The number of hydrogen-bond donors (Lipinski definition) is 3. The molecule has 0 bridgehead atoms. The molecule has 2 aromatic carbocycles. The second kappa shape index (κ2) is 10.4. The van der Waals surface area contributed by atoms with E-state index in [0.29, 0.717) is 6.04 Å². The molecule has 0 saturated heterocycles. The maximum absolute atomic E-state index is 4.79. The monoisotopic (exact) mass is 418 g/mol. The largest absolute Gasteiger partial charge is 0.384 e. The molecular formula is C25H34N6. The summed E-state index contributed by atoms with van der Waals surface area (Å²) in [5.74, 6) is 2.47. The van der Waals surface area contributed by atoms with Gasteiger partial charge in [0, 0.05) is 44.3 Å². The first-order chi connectivity index (χ1) is 15.2. The highest BCUT2D eigenvalue weighted by molar-refractivity contribution is 5.90. The minimum atomic E-state index is 0.451. The van der Waals surface area contributed by atoms with Gasteiger partial charge in [0.05, 0.1) is 5.52 Å². The van der Waals surface area contributed by atoms with E-state index in [0.717, 1.165) is 48.2 Å². The van der Waals surface area contributed by atoms with Crippen LogP contribution in [-0.4, -0.2) is 49.7 Å². The second-order valence-electron chi connectivity index (χ2n) is 8.64. The van der Waals surface area contributed by atoms with Crippen molar-refractivity contribution >= 4 is 28.4 Å². The van der Waals surface area contributed by atoms with Crippen molar-refractivity contribution in [2.45, 2.75) is 31.7 Å². The summed E-state index contributed by atoms with van der Waals surface area (Å²) in [6, 6.07) is 19.1. The lowest BCUT2D eigenvalue weighted by Crippen LogP contribution is -2.33. The Bertz CT molecular complexity index is 951. The molecule has 1 aliphatic carbocycles. The number of nitrogens with zero attached hydrogens (tertiary/aromatic N) is 3. The molecule has 4 rings (SSSR count). The van der Waals surface area contributed by atoms with Gasteiger partial charge in [-0.3, -0.25) is 0 Å². The number of para-hydroxylation sites is 2. The minimum Gasteiger partial charge on any atom is -0.384 e. The molecule has 1 fully saturated rings. The van der Waals surface area contributed by atoms with Gasteiger partial charge in [-0.1, -0.05) is 30.3 Å². The predicted octanol–water partition coefficient (Wildman–Crippen LogP) is 4.37. The molecule has 31 heavy (non-hydrogen) atoms. The third kappa shape index (κ3) is 5.85. The first-order valence-electron chi connectivity index (χ1n) is 11.4. The van der Waals surface area contributed by atoms with Gasteiger partial charge < -0.3 is 20.9 Å². The lowest BCUT2D eigenvalue weighted by atomic mass is 9.86. The third-order valence-electron chi connectivity index (χ3n) is 6.02. The molecule has 0 aliphatic heterocycles. The lowest BCUT2D eigenvalue weighted by Gasteiger charge is -2.29. The fourth-order valence-electron chi connectivity index (χ4n) is 4.32. The van der Waals surface area contributed by atoms with Crippen molar-refractivity contribution in [1.82, 2.24) is 15.3 Å². The van der Waals surface area contributed by atoms with Crippen molar-refractivity contribution in [1.29, 1.82) is 0 Å². The summed E-state index contributed by atoms with van der Waals surface area (Å²) in [5.41, 5.74) is 2.18. The topological polar surface area (TPSA) is 65.1 Å². The first kappa shape index (κ1) is 21.4. The number of hydrogen-bond acceptors (Lipinski definition) is 6. The summed E-state index contributed by atoms with van der Waals surface area (Å²) in [5, 5.41) is 11.8. The van der Waals surface area contributed by atoms with Crippen molar-refractivity contribution in [3.05, 3.63) is 54.6 Å². The van der Waals surface area contributed by atoms with Crippen LogP contribution in [0, 0.1) is 5.92 Å². The van der Waals surface area contributed by atoms with Crippen LogP contribution in [0.25, 0.3) is 10.9 Å². The third-order valence-corrected chi connectivity index (χ3v) is 6.02. The van der Waals surface area contributed by atoms with Crippen molar-refractivity contribution in [2.24, 2.45) is 5.92 Å². The van der Waals surface area contributed by atoms with Crippen molar-refractivity contribution in [3.8, 4) is 0 Å². The molecule has 0 unspecified atom stereocenters. The van der Waals surface area contributed by atoms with Gasteiger partial charge in [-0.05, 0) is 62.4 Å². The molecule has 1 aromatic heterocycles. The van der Waals surface area contributed by atoms with Gasteiger partial charge in [0.15, 0.2) is 0 Å². The summed E-state index contributed by atoms with van der Waals surface area (Å²) in [6.45, 7) is 3.04. The highest BCUT2D eigenvalue weighted by Crippen LogP contribution is 2.28. The molecule has 164 valence electrons. The zero-order chi connectivity index (χ0) is 21.5. The number of fused-ring (bicyclic) bond motifs is 1. The Balaban J connectivity index is 1.21. The van der Waals surface area contributed by atoms with Crippen LogP contribution < -0.4 is 20.9 Å². The Hall–Kier alpha value is -2.86. The zero-order valence-electron chi connectivity index (χ0n) is 18.6. The highest BCUT2D eigenvalue weighted by Gasteiger charge is 2.22. The number of aromatic nitrogens is 2. The second-order valence-corrected chi connectivity index (χ2v) is 8.64. The van der Waals surface area contributed by atoms with E-state index in [1.807, 2.05) is 32.3 Å². The number of rotatable bonds is 9. The fraction of sp³-hybridized carbons (Fsp3) is 0.440. The van der Waals surface area contributed by atoms with Crippen LogP contribution >= 0.6 is 0 Å². The average Bonchev–Trinajstić information content (AvgIpc) is 2.80. The van der Waals surface area contributed by atoms with E-state index in [9.17, 15) is 0 Å². The van der Waals surface area contributed by atoms with Gasteiger partial charge in [-0.2, -0.15) is 4.98 Å². The van der Waals surface area contributed by atoms with Gasteiger partial charge in [-0.15, -0.1) is 0 Å². The molecular weight excluding hydrogens is 384 g/mol. The van der Waals surface area contributed by atoms with Gasteiger partial charge in [0.1, 0.15) is 5.82 Å². The minimum absolute atomic E-state index is 0.451. The number of anilines is 3. The van der Waals surface area contributed by atoms with Gasteiger partial charge >= 0.3 is 0 Å². The highest BCUT2D eigenvalue weighted by atomic mass is 15.2. The van der Waals surface area contributed by atoms with E-state index in [1.54, 1.807) is 0 Å². The molecule has 3 aromatic rings. The normalized spacial score (nSPS) is 18.6. The summed E-state index contributed by atoms with van der Waals surface area (Å²) in [7, 11) is 4.07. The van der Waals surface area contributed by atoms with Gasteiger partial charge in [0.25, 0.3) is 0 Å². The summed E-state index contributed by atoms with van der Waals surface area (Å²) < 4.78 is 0. The fourth-order valence-corrected chi connectivity index (χ4v) is 4.32. The molecule has 0 amide bonds. The molecule has 1 heterocycles. The standard InChI is InChI=1S/C25H34N6/c1-31(2)24-22-10-6-7-11-23(22)29-25(30-24)28-21-14-12-19(13-15-21)18-26-16-17-27-20-8-4-3-5-9-20/h3-11,19,21,26-27H,12-18H2,1-2H3,(H,28,29,30). The molecule has 1 aliphatic rings. The van der Waals surface area contributed by atoms with E-state index in [1.165, 1.54) is 31.4 Å². The summed E-state index contributed by atoms with van der Waals surface area (Å²) in [4.78, 5) is 11.6. The van der Waals surface area contributed by atoms with E-state index in [-0.39, 0.29) is 0 Å². The molecule has 1 saturated carbocycles. The van der Waals surface area contributed by atoms with Crippen molar-refractivity contribution in [2.75, 3.05) is 49.3 Å². The maximum Gasteiger partial charge on any atom is 0.225 e. The van der Waals surface area contributed by atoms with E-state index < -0.39 is 0 Å². The molecule has 0 spiro atoms. The van der Waals surface area contributed by atoms with Gasteiger partial charge in [0.2, 0.25) is 5.95 Å². The lowest BCUT2D eigenvalue weighted by molar-refractivity contribution is 0.326. The van der Waals surface area contributed by atoms with Crippen molar-refractivity contribution < 1.29 is 0 Å². The quantitative estimate of drug-likeness (QED) is 0.449. The molecule has 6 nitrogen and oxygen atoms in total. The van der Waals surface area contributed by atoms with Crippen LogP contribution in [0.15, 0.2) is 54.6 Å². The molecule has 6 heteroatoms. The molecule has 3 N–H and O–H groups in total. The SMILES string of the molecule is CN(C)c1nc(NC2CCC(CNCCNc3ccccc3)CC2)nc2ccccc12. The predicted molar refractivity (Wildman–Crippen MR) is 131 cm³/mol. The Kier molecular flexibility index (Phi) is 7.20. The van der Waals surface area contributed by atoms with E-state index in [2.05, 4.69) is 57.2 Å². The van der Waals surface area contributed by atoms with Crippen LogP contribution in [0.4, 0.5) is 17.5 Å². The van der Waals surface area contributed by atoms with Crippen LogP contribution in [0.3, 0.4) is 0 Å². The van der Waals surface area contributed by atoms with Crippen LogP contribution in [-0.2, 0) is 0 Å². The smallest absolute Gasteiger partial charge is 0.225 e. The van der Waals surface area contributed by atoms with Crippen molar-refractivity contribution in [3.63, 3.8) is 0 Å². The van der Waals surface area contributed by atoms with Crippen LogP contribution in [0.5, 0.6) is 0 Å². The Labute approximate surface area is 185 Å². The number of nitrogens with one attached hydrogen (secondary N) is 3. The van der Waals surface area contributed by atoms with Crippen LogP contribution in [0.2, 0.25) is 0 Å². The van der Waals surface area contributed by atoms with Crippen LogP contribution in [0.1, 0.15) is 25.7 Å². The maximum atomic E-state index is 4.79. The summed E-state index contributed by atoms with van der Waals surface area (Å²) >= 11 is 0. The molecule has 0 atom stereocenters. The Morgan fingerprint density at radius 3 is 2.39 bits per heavy atom. The van der Waals surface area contributed by atoms with E-state index in [4.69, 9.17) is 9.97 Å². The van der Waals surface area contributed by atoms with E-state index >= 15 is 0 Å². The Morgan fingerprint density at radius 1 is 0.871 bits per heavy atom.